The Bertz CT molecular complexity index is 1030. The summed E-state index contributed by atoms with van der Waals surface area (Å²) in [6.07, 6.45) is 2.58. The standard InChI is InChI=1S/C24H27NO4/c1-15-20-14-19(29-2)12-13-22(20)25(21(15)4-3-5-23(26)27)24(28)18-10-8-17(9-11-18)16-6-7-16/h8-14,16,23,26-27H,3-7H2,1-2H3. The number of fused-ring (bicyclic) bond motifs is 1. The number of aromatic nitrogens is 1. The highest BCUT2D eigenvalue weighted by Crippen LogP contribution is 2.40. The molecule has 4 rings (SSSR count). The van der Waals surface area contributed by atoms with E-state index in [2.05, 4.69) is 12.1 Å². The van der Waals surface area contributed by atoms with E-state index in [0.29, 0.717) is 24.3 Å². The summed E-state index contributed by atoms with van der Waals surface area (Å²) < 4.78 is 7.14. The number of hydrogen-bond donors (Lipinski definition) is 2. The van der Waals surface area contributed by atoms with E-state index < -0.39 is 6.29 Å². The molecule has 152 valence electrons. The fraction of sp³-hybridized carbons (Fsp3) is 0.375. The van der Waals surface area contributed by atoms with Gasteiger partial charge < -0.3 is 14.9 Å². The molecule has 1 heterocycles. The molecular weight excluding hydrogens is 366 g/mol. The molecule has 5 heteroatoms. The molecule has 1 saturated carbocycles. The molecule has 0 unspecified atom stereocenters. The number of carbonyl (C=O) groups excluding carboxylic acids is 1. The summed E-state index contributed by atoms with van der Waals surface area (Å²) in [5.41, 5.74) is 4.74. The maximum atomic E-state index is 13.5. The SMILES string of the molecule is COc1ccc2c(c1)c(C)c(CCCC(O)O)n2C(=O)c1ccc(C2CC2)cc1. The van der Waals surface area contributed by atoms with Crippen molar-refractivity contribution in [1.82, 2.24) is 4.57 Å². The summed E-state index contributed by atoms with van der Waals surface area (Å²) in [5.74, 6) is 1.34. The first-order valence-corrected chi connectivity index (χ1v) is 10.2. The molecule has 1 fully saturated rings. The van der Waals surface area contributed by atoms with Crippen LogP contribution in [-0.4, -0.2) is 34.1 Å². The molecule has 1 aromatic heterocycles. The summed E-state index contributed by atoms with van der Waals surface area (Å²) in [7, 11) is 1.63. The number of aliphatic hydroxyl groups excluding tert-OH is 1. The van der Waals surface area contributed by atoms with Crippen LogP contribution < -0.4 is 4.74 Å². The molecule has 2 N–H and O–H groups in total. The minimum atomic E-state index is -1.33. The summed E-state index contributed by atoms with van der Waals surface area (Å²) in [6, 6.07) is 13.7. The van der Waals surface area contributed by atoms with Crippen molar-refractivity contribution >= 4 is 16.8 Å². The van der Waals surface area contributed by atoms with Crippen LogP contribution in [-0.2, 0) is 6.42 Å². The zero-order valence-corrected chi connectivity index (χ0v) is 16.9. The van der Waals surface area contributed by atoms with Gasteiger partial charge in [-0.2, -0.15) is 0 Å². The van der Waals surface area contributed by atoms with Gasteiger partial charge in [0, 0.05) is 16.6 Å². The number of rotatable bonds is 7. The minimum Gasteiger partial charge on any atom is -0.497 e. The maximum Gasteiger partial charge on any atom is 0.262 e. The Morgan fingerprint density at radius 2 is 1.90 bits per heavy atom. The van der Waals surface area contributed by atoms with Crippen molar-refractivity contribution in [2.45, 2.75) is 51.2 Å². The Labute approximate surface area is 170 Å². The van der Waals surface area contributed by atoms with Crippen LogP contribution in [0.15, 0.2) is 42.5 Å². The van der Waals surface area contributed by atoms with Gasteiger partial charge in [0.15, 0.2) is 6.29 Å². The van der Waals surface area contributed by atoms with Crippen molar-refractivity contribution in [2.75, 3.05) is 7.11 Å². The lowest BCUT2D eigenvalue weighted by atomic mass is 10.1. The molecule has 5 nitrogen and oxygen atoms in total. The molecule has 2 aromatic carbocycles. The lowest BCUT2D eigenvalue weighted by molar-refractivity contribution is -0.0461. The predicted octanol–water partition coefficient (Wildman–Crippen LogP) is 4.16. The van der Waals surface area contributed by atoms with Crippen molar-refractivity contribution in [3.8, 4) is 5.75 Å². The van der Waals surface area contributed by atoms with Crippen LogP contribution in [0.2, 0.25) is 0 Å². The number of methoxy groups -OCH3 is 1. The summed E-state index contributed by atoms with van der Waals surface area (Å²) in [6.45, 7) is 2.01. The first-order chi connectivity index (χ1) is 14.0. The van der Waals surface area contributed by atoms with Crippen molar-refractivity contribution in [3.63, 3.8) is 0 Å². The van der Waals surface area contributed by atoms with Gasteiger partial charge in [0.05, 0.1) is 12.6 Å². The molecule has 3 aromatic rings. The van der Waals surface area contributed by atoms with E-state index in [9.17, 15) is 15.0 Å². The van der Waals surface area contributed by atoms with Gasteiger partial charge >= 0.3 is 0 Å². The van der Waals surface area contributed by atoms with Gasteiger partial charge in [0.2, 0.25) is 0 Å². The Balaban J connectivity index is 1.76. The number of hydrogen-bond acceptors (Lipinski definition) is 4. The van der Waals surface area contributed by atoms with Gasteiger partial charge in [0.1, 0.15) is 5.75 Å². The van der Waals surface area contributed by atoms with Gasteiger partial charge in [-0.25, -0.2) is 0 Å². The van der Waals surface area contributed by atoms with Crippen LogP contribution in [0.3, 0.4) is 0 Å². The normalized spacial score (nSPS) is 14.0. The van der Waals surface area contributed by atoms with Crippen LogP contribution in [0.1, 0.15) is 58.8 Å². The van der Waals surface area contributed by atoms with Crippen molar-refractivity contribution < 1.29 is 19.7 Å². The summed E-state index contributed by atoms with van der Waals surface area (Å²) in [4.78, 5) is 13.5. The van der Waals surface area contributed by atoms with Crippen LogP contribution in [0.4, 0.5) is 0 Å². The van der Waals surface area contributed by atoms with E-state index in [1.54, 1.807) is 11.7 Å². The zero-order chi connectivity index (χ0) is 20.5. The maximum absolute atomic E-state index is 13.5. The highest BCUT2D eigenvalue weighted by molar-refractivity contribution is 6.04. The lowest BCUT2D eigenvalue weighted by Crippen LogP contribution is -2.16. The van der Waals surface area contributed by atoms with E-state index in [1.807, 2.05) is 37.3 Å². The van der Waals surface area contributed by atoms with Crippen molar-refractivity contribution in [2.24, 2.45) is 0 Å². The van der Waals surface area contributed by atoms with Crippen LogP contribution >= 0.6 is 0 Å². The van der Waals surface area contributed by atoms with Crippen molar-refractivity contribution in [1.29, 1.82) is 0 Å². The molecular formula is C24H27NO4. The predicted molar refractivity (Wildman–Crippen MR) is 113 cm³/mol. The third-order valence-corrected chi connectivity index (χ3v) is 5.84. The fourth-order valence-corrected chi connectivity index (χ4v) is 4.03. The van der Waals surface area contributed by atoms with E-state index in [-0.39, 0.29) is 12.3 Å². The van der Waals surface area contributed by atoms with Gasteiger partial charge in [0.25, 0.3) is 5.91 Å². The molecule has 0 spiro atoms. The van der Waals surface area contributed by atoms with Gasteiger partial charge in [-0.15, -0.1) is 0 Å². The molecule has 0 radical (unpaired) electrons. The van der Waals surface area contributed by atoms with Crippen LogP contribution in [0, 0.1) is 6.92 Å². The van der Waals surface area contributed by atoms with Crippen molar-refractivity contribution in [3.05, 3.63) is 64.8 Å². The van der Waals surface area contributed by atoms with Crippen LogP contribution in [0.5, 0.6) is 5.75 Å². The van der Waals surface area contributed by atoms with E-state index in [0.717, 1.165) is 27.9 Å². The monoisotopic (exact) mass is 393 g/mol. The second-order valence-corrected chi connectivity index (χ2v) is 7.86. The lowest BCUT2D eigenvalue weighted by Gasteiger charge is -2.12. The highest BCUT2D eigenvalue weighted by atomic mass is 16.5. The molecule has 0 aliphatic heterocycles. The Morgan fingerprint density at radius 3 is 2.52 bits per heavy atom. The number of benzene rings is 2. The van der Waals surface area contributed by atoms with E-state index in [4.69, 9.17) is 4.74 Å². The largest absolute Gasteiger partial charge is 0.497 e. The minimum absolute atomic E-state index is 0.0600. The second kappa shape index (κ2) is 8.01. The topological polar surface area (TPSA) is 71.7 Å². The first kappa shape index (κ1) is 19.7. The zero-order valence-electron chi connectivity index (χ0n) is 16.9. The Hall–Kier alpha value is -2.63. The molecule has 1 aliphatic rings. The van der Waals surface area contributed by atoms with E-state index >= 15 is 0 Å². The third-order valence-electron chi connectivity index (χ3n) is 5.84. The number of aryl methyl sites for hydroxylation is 1. The molecule has 0 saturated heterocycles. The van der Waals surface area contributed by atoms with Crippen LogP contribution in [0.25, 0.3) is 10.9 Å². The van der Waals surface area contributed by atoms with Gasteiger partial charge in [-0.1, -0.05) is 12.1 Å². The second-order valence-electron chi connectivity index (χ2n) is 7.86. The van der Waals surface area contributed by atoms with Gasteiger partial charge in [-0.05, 0) is 86.4 Å². The number of ether oxygens (including phenoxy) is 1. The average Bonchev–Trinajstić information content (AvgIpc) is 3.54. The Kier molecular flexibility index (Phi) is 5.43. The smallest absolute Gasteiger partial charge is 0.262 e. The highest BCUT2D eigenvalue weighted by Gasteiger charge is 2.24. The summed E-state index contributed by atoms with van der Waals surface area (Å²) in [5, 5.41) is 19.4. The van der Waals surface area contributed by atoms with E-state index in [1.165, 1.54) is 18.4 Å². The third kappa shape index (κ3) is 3.93. The molecule has 29 heavy (non-hydrogen) atoms. The number of aliphatic hydroxyl groups is 2. The molecule has 1 aliphatic carbocycles. The van der Waals surface area contributed by atoms with Gasteiger partial charge in [-0.3, -0.25) is 9.36 Å². The quantitative estimate of drug-likeness (QED) is 0.592. The number of carbonyl (C=O) groups is 1. The molecule has 0 bridgehead atoms. The number of nitrogens with zero attached hydrogens (tertiary/aromatic N) is 1. The summed E-state index contributed by atoms with van der Waals surface area (Å²) >= 11 is 0. The Morgan fingerprint density at radius 1 is 1.17 bits per heavy atom. The first-order valence-electron chi connectivity index (χ1n) is 10.2. The average molecular weight is 393 g/mol. The fourth-order valence-electron chi connectivity index (χ4n) is 4.03. The molecule has 0 amide bonds. The molecule has 0 atom stereocenters.